The van der Waals surface area contributed by atoms with Crippen LogP contribution in [0, 0.1) is 0 Å². The number of nitrogens with zero attached hydrogens (tertiary/aromatic N) is 5. The molecule has 1 atom stereocenters. The summed E-state index contributed by atoms with van der Waals surface area (Å²) in [4.78, 5) is 23.6. The second kappa shape index (κ2) is 8.45. The van der Waals surface area contributed by atoms with Crippen molar-refractivity contribution in [1.29, 1.82) is 0 Å². The SMILES string of the molecule is CC(C)(C)OC(=O)N1CCCCC1Cn1cc(-c2cnc3ccc(O)c(Br)c3n2)cn1. The lowest BCUT2D eigenvalue weighted by Gasteiger charge is -2.36. The normalized spacial score (nSPS) is 17.2. The van der Waals surface area contributed by atoms with Gasteiger partial charge in [-0.25, -0.2) is 9.78 Å². The van der Waals surface area contributed by atoms with Gasteiger partial charge in [0.2, 0.25) is 0 Å². The molecule has 3 aromatic rings. The van der Waals surface area contributed by atoms with Gasteiger partial charge in [-0.1, -0.05) is 0 Å². The molecule has 31 heavy (non-hydrogen) atoms. The molecular formula is C22H26BrN5O3. The molecule has 164 valence electrons. The van der Waals surface area contributed by atoms with Crippen molar-refractivity contribution < 1.29 is 14.6 Å². The van der Waals surface area contributed by atoms with E-state index in [1.165, 1.54) is 0 Å². The Bertz CT molecular complexity index is 1110. The standard InChI is InChI=1S/C22H26BrN5O3/c1-22(2,3)31-21(30)28-9-5-4-6-15(28)13-27-12-14(10-25-27)17-11-24-16-7-8-18(29)19(23)20(16)26-17/h7-8,10-12,15,29H,4-6,9,13H2,1-3H3. The first-order valence-corrected chi connectivity index (χ1v) is 11.2. The third kappa shape index (κ3) is 4.81. The molecule has 0 bridgehead atoms. The summed E-state index contributed by atoms with van der Waals surface area (Å²) in [5, 5.41) is 14.4. The van der Waals surface area contributed by atoms with Crippen LogP contribution in [0.4, 0.5) is 4.79 Å². The van der Waals surface area contributed by atoms with Crippen LogP contribution in [0.1, 0.15) is 40.0 Å². The Morgan fingerprint density at radius 1 is 1.29 bits per heavy atom. The lowest BCUT2D eigenvalue weighted by atomic mass is 10.0. The number of piperidine rings is 1. The number of phenols is 1. The van der Waals surface area contributed by atoms with E-state index < -0.39 is 5.60 Å². The van der Waals surface area contributed by atoms with Crippen molar-refractivity contribution in [2.24, 2.45) is 0 Å². The van der Waals surface area contributed by atoms with Crippen LogP contribution in [-0.2, 0) is 11.3 Å². The van der Waals surface area contributed by atoms with Gasteiger partial charge in [-0.05, 0) is 68.1 Å². The first kappa shape index (κ1) is 21.5. The molecule has 9 heteroatoms. The van der Waals surface area contributed by atoms with Gasteiger partial charge in [0.1, 0.15) is 16.9 Å². The third-order valence-electron chi connectivity index (χ3n) is 5.21. The number of ether oxygens (including phenoxy) is 1. The molecule has 0 aliphatic carbocycles. The number of carbonyl (C=O) groups is 1. The third-order valence-corrected chi connectivity index (χ3v) is 6.00. The van der Waals surface area contributed by atoms with Crippen LogP contribution >= 0.6 is 15.9 Å². The molecule has 1 saturated heterocycles. The highest BCUT2D eigenvalue weighted by atomic mass is 79.9. The molecule has 1 aliphatic heterocycles. The minimum absolute atomic E-state index is 0.0325. The van der Waals surface area contributed by atoms with Gasteiger partial charge in [0.25, 0.3) is 0 Å². The summed E-state index contributed by atoms with van der Waals surface area (Å²) >= 11 is 3.38. The molecule has 8 nitrogen and oxygen atoms in total. The van der Waals surface area contributed by atoms with E-state index in [-0.39, 0.29) is 17.9 Å². The number of hydrogen-bond donors (Lipinski definition) is 1. The van der Waals surface area contributed by atoms with Gasteiger partial charge in [0, 0.05) is 18.3 Å². The van der Waals surface area contributed by atoms with Gasteiger partial charge in [0.15, 0.2) is 0 Å². The number of likely N-dealkylation sites (tertiary alicyclic amines) is 1. The molecule has 1 aromatic carbocycles. The first-order valence-electron chi connectivity index (χ1n) is 10.4. The Labute approximate surface area is 189 Å². The highest BCUT2D eigenvalue weighted by Gasteiger charge is 2.30. The van der Waals surface area contributed by atoms with E-state index >= 15 is 0 Å². The largest absolute Gasteiger partial charge is 0.507 e. The summed E-state index contributed by atoms with van der Waals surface area (Å²) in [5.74, 6) is 0.120. The van der Waals surface area contributed by atoms with Crippen LogP contribution in [0.3, 0.4) is 0 Å². The molecule has 0 radical (unpaired) electrons. The molecule has 2 aromatic heterocycles. The average molecular weight is 488 g/mol. The van der Waals surface area contributed by atoms with Gasteiger partial charge in [-0.2, -0.15) is 5.10 Å². The summed E-state index contributed by atoms with van der Waals surface area (Å²) in [6.45, 7) is 6.93. The highest BCUT2D eigenvalue weighted by Crippen LogP contribution is 2.31. The van der Waals surface area contributed by atoms with Crippen LogP contribution < -0.4 is 0 Å². The van der Waals surface area contributed by atoms with Crippen molar-refractivity contribution in [2.45, 2.75) is 58.2 Å². The van der Waals surface area contributed by atoms with Gasteiger partial charge >= 0.3 is 6.09 Å². The number of carbonyl (C=O) groups excluding carboxylic acids is 1. The van der Waals surface area contributed by atoms with Crippen molar-refractivity contribution in [1.82, 2.24) is 24.6 Å². The smallest absolute Gasteiger partial charge is 0.410 e. The van der Waals surface area contributed by atoms with E-state index in [1.807, 2.05) is 36.5 Å². The molecule has 4 rings (SSSR count). The Morgan fingerprint density at radius 2 is 2.10 bits per heavy atom. The van der Waals surface area contributed by atoms with Crippen LogP contribution in [0.15, 0.2) is 35.2 Å². The monoisotopic (exact) mass is 487 g/mol. The Hall–Kier alpha value is -2.68. The lowest BCUT2D eigenvalue weighted by Crippen LogP contribution is -2.47. The van der Waals surface area contributed by atoms with Crippen molar-refractivity contribution >= 4 is 33.1 Å². The maximum Gasteiger partial charge on any atom is 0.410 e. The first-order chi connectivity index (χ1) is 14.7. The van der Waals surface area contributed by atoms with Crippen molar-refractivity contribution in [2.75, 3.05) is 6.54 Å². The van der Waals surface area contributed by atoms with Crippen LogP contribution in [0.2, 0.25) is 0 Å². The summed E-state index contributed by atoms with van der Waals surface area (Å²) in [5.41, 5.74) is 2.25. The molecule has 1 aliphatic rings. The number of amides is 1. The fraction of sp³-hybridized carbons (Fsp3) is 0.455. The number of halogens is 1. The van der Waals surface area contributed by atoms with Crippen LogP contribution in [-0.4, -0.2) is 54.0 Å². The van der Waals surface area contributed by atoms with Gasteiger partial charge in [-0.3, -0.25) is 9.67 Å². The van der Waals surface area contributed by atoms with Crippen molar-refractivity contribution in [3.63, 3.8) is 0 Å². The number of hydrogen-bond acceptors (Lipinski definition) is 6. The molecule has 3 heterocycles. The van der Waals surface area contributed by atoms with Gasteiger partial charge in [-0.15, -0.1) is 0 Å². The van der Waals surface area contributed by atoms with E-state index in [0.717, 1.165) is 24.8 Å². The molecule has 0 spiro atoms. The topological polar surface area (TPSA) is 93.4 Å². The Morgan fingerprint density at radius 3 is 2.87 bits per heavy atom. The second-order valence-corrected chi connectivity index (χ2v) is 9.59. The highest BCUT2D eigenvalue weighted by molar-refractivity contribution is 9.10. The van der Waals surface area contributed by atoms with E-state index in [0.29, 0.717) is 34.3 Å². The number of aromatic hydroxyl groups is 1. The van der Waals surface area contributed by atoms with Crippen LogP contribution in [0.5, 0.6) is 5.75 Å². The minimum Gasteiger partial charge on any atom is -0.507 e. The van der Waals surface area contributed by atoms with Gasteiger partial charge in [0.05, 0.1) is 40.7 Å². The summed E-state index contributed by atoms with van der Waals surface area (Å²) in [6, 6.07) is 3.34. The van der Waals surface area contributed by atoms with Crippen molar-refractivity contribution in [3.05, 3.63) is 35.2 Å². The minimum atomic E-state index is -0.518. The van der Waals surface area contributed by atoms with E-state index in [9.17, 15) is 9.90 Å². The lowest BCUT2D eigenvalue weighted by molar-refractivity contribution is 0.00740. The molecule has 1 unspecified atom stereocenters. The molecule has 1 amide bonds. The number of benzene rings is 1. The van der Waals surface area contributed by atoms with Crippen molar-refractivity contribution in [3.8, 4) is 17.0 Å². The maximum atomic E-state index is 12.7. The predicted molar refractivity (Wildman–Crippen MR) is 121 cm³/mol. The Kier molecular flexibility index (Phi) is 5.88. The number of fused-ring (bicyclic) bond motifs is 1. The predicted octanol–water partition coefficient (Wildman–Crippen LogP) is 4.75. The second-order valence-electron chi connectivity index (χ2n) is 8.80. The van der Waals surface area contributed by atoms with Crippen LogP contribution in [0.25, 0.3) is 22.3 Å². The fourth-order valence-corrected chi connectivity index (χ4v) is 4.16. The maximum absolute atomic E-state index is 12.7. The fourth-order valence-electron chi connectivity index (χ4n) is 3.74. The number of rotatable bonds is 3. The average Bonchev–Trinajstić information content (AvgIpc) is 3.18. The zero-order chi connectivity index (χ0) is 22.2. The molecule has 1 N–H and O–H groups in total. The number of phenolic OH excluding ortho intramolecular Hbond substituents is 1. The summed E-state index contributed by atoms with van der Waals surface area (Å²) < 4.78 is 7.95. The summed E-state index contributed by atoms with van der Waals surface area (Å²) in [7, 11) is 0. The summed E-state index contributed by atoms with van der Waals surface area (Å²) in [6.07, 6.45) is 8.05. The molecule has 0 saturated carbocycles. The molecular weight excluding hydrogens is 462 g/mol. The number of aromatic nitrogens is 4. The zero-order valence-electron chi connectivity index (χ0n) is 17.9. The van der Waals surface area contributed by atoms with E-state index in [2.05, 4.69) is 31.0 Å². The zero-order valence-corrected chi connectivity index (χ0v) is 19.5. The van der Waals surface area contributed by atoms with Gasteiger partial charge < -0.3 is 14.7 Å². The molecule has 1 fully saturated rings. The van der Waals surface area contributed by atoms with E-state index in [1.54, 1.807) is 24.5 Å². The quantitative estimate of drug-likeness (QED) is 0.572. The van der Waals surface area contributed by atoms with E-state index in [4.69, 9.17) is 4.74 Å². The Balaban J connectivity index is 1.54.